The Morgan fingerprint density at radius 2 is 1.45 bits per heavy atom. The van der Waals surface area contributed by atoms with Gasteiger partial charge in [-0.2, -0.15) is 8.42 Å². The van der Waals surface area contributed by atoms with Gasteiger partial charge in [-0.15, -0.1) is 8.67 Å². The van der Waals surface area contributed by atoms with Crippen LogP contribution < -0.4 is 4.90 Å². The zero-order valence-corrected chi connectivity index (χ0v) is 29.4. The summed E-state index contributed by atoms with van der Waals surface area (Å²) in [6.45, 7) is 4.00. The van der Waals surface area contributed by atoms with Crippen LogP contribution in [0.3, 0.4) is 0 Å². The molecule has 0 aromatic heterocycles. The molecule has 0 spiro atoms. The first-order valence-electron chi connectivity index (χ1n) is 15.6. The highest BCUT2D eigenvalue weighted by atomic mass is 32.2. The summed E-state index contributed by atoms with van der Waals surface area (Å²) in [5.74, 6) is -1.13. The molecule has 0 bridgehead atoms. The van der Waals surface area contributed by atoms with Gasteiger partial charge in [0.25, 0.3) is 10.1 Å². The standard InChI is InChI=1S/C31H40N2O13S3/c1-2-42-27(34)7-3-16-32(19-6-22-49(39,40)41)25-12-8-23(9-13-25)28-30(35)29(31(28)36)24-10-14-26(15-11-24)33(17-4-20-47-45-43-37)18-5-21-48-46-44-38/h8-15,28H,2-7,16-22H2,1H3,(H2-,37,38,39,40,41)/p+1. The van der Waals surface area contributed by atoms with E-state index in [4.69, 9.17) is 19.8 Å². The lowest BCUT2D eigenvalue weighted by atomic mass is 9.70. The highest BCUT2D eigenvalue weighted by Gasteiger charge is 2.46. The van der Waals surface area contributed by atoms with Crippen molar-refractivity contribution in [3.8, 4) is 0 Å². The number of allylic oxidation sites excluding steroid dienone is 6. The molecule has 0 saturated heterocycles. The van der Waals surface area contributed by atoms with Crippen LogP contribution in [0, 0.1) is 0 Å². The number of rotatable bonds is 23. The minimum Gasteiger partial charge on any atom is -0.466 e. The second-order valence-electron chi connectivity index (χ2n) is 10.8. The van der Waals surface area contributed by atoms with E-state index < -0.39 is 21.8 Å². The van der Waals surface area contributed by atoms with Gasteiger partial charge in [-0.05, 0) is 55.2 Å². The van der Waals surface area contributed by atoms with E-state index in [-0.39, 0.29) is 42.6 Å². The third-order valence-corrected chi connectivity index (χ3v) is 9.57. The van der Waals surface area contributed by atoms with Gasteiger partial charge in [0.05, 0.1) is 17.9 Å². The number of hydrogen-bond donors (Lipinski definition) is 3. The van der Waals surface area contributed by atoms with E-state index >= 15 is 0 Å². The van der Waals surface area contributed by atoms with Crippen LogP contribution in [-0.4, -0.2) is 101 Å². The molecule has 2 aliphatic rings. The fraction of sp³-hybridized carbons (Fsp3) is 0.484. The summed E-state index contributed by atoms with van der Waals surface area (Å²) in [6, 6.07) is 6.89. The molecule has 1 fully saturated rings. The Morgan fingerprint density at radius 3 is 1.98 bits per heavy atom. The van der Waals surface area contributed by atoms with E-state index in [1.165, 1.54) is 0 Å². The van der Waals surface area contributed by atoms with Crippen molar-refractivity contribution in [2.75, 3.05) is 54.9 Å². The quantitative estimate of drug-likeness (QED) is 0.0138. The molecule has 18 heteroatoms. The van der Waals surface area contributed by atoms with Gasteiger partial charge in [-0.3, -0.25) is 18.9 Å². The van der Waals surface area contributed by atoms with Crippen molar-refractivity contribution in [3.63, 3.8) is 0 Å². The second kappa shape index (κ2) is 21.3. The Bertz CT molecular complexity index is 1460. The van der Waals surface area contributed by atoms with Gasteiger partial charge in [0.15, 0.2) is 17.3 Å². The molecule has 2 aliphatic carbocycles. The lowest BCUT2D eigenvalue weighted by Crippen LogP contribution is -2.39. The molecular formula is C31H41N2O13S3+. The van der Waals surface area contributed by atoms with Crippen LogP contribution in [0.1, 0.15) is 50.5 Å². The van der Waals surface area contributed by atoms with Crippen LogP contribution in [0.2, 0.25) is 0 Å². The Hall–Kier alpha value is -2.91. The van der Waals surface area contributed by atoms with Crippen molar-refractivity contribution in [2.24, 2.45) is 0 Å². The van der Waals surface area contributed by atoms with Crippen LogP contribution in [0.25, 0.3) is 0 Å². The van der Waals surface area contributed by atoms with Crippen LogP contribution in [0.15, 0.2) is 59.7 Å². The summed E-state index contributed by atoms with van der Waals surface area (Å²) in [7, 11) is -4.13. The van der Waals surface area contributed by atoms with Crippen molar-refractivity contribution >= 4 is 63.1 Å². The van der Waals surface area contributed by atoms with E-state index in [9.17, 15) is 22.8 Å². The summed E-state index contributed by atoms with van der Waals surface area (Å²) < 4.78 is 47.5. The van der Waals surface area contributed by atoms with Crippen LogP contribution in [0.5, 0.6) is 0 Å². The van der Waals surface area contributed by atoms with Gasteiger partial charge in [-0.1, -0.05) is 22.2 Å². The smallest absolute Gasteiger partial charge is 0.305 e. The third-order valence-electron chi connectivity index (χ3n) is 7.54. The Morgan fingerprint density at radius 1 is 0.878 bits per heavy atom. The molecule has 1 aromatic rings. The molecule has 0 aliphatic heterocycles. The number of nitrogens with zero attached hydrogens (tertiary/aromatic N) is 2. The second-order valence-corrected chi connectivity index (χ2v) is 14.0. The topological polar surface area (TPSA) is 198 Å². The average molecular weight is 746 g/mol. The fourth-order valence-electron chi connectivity index (χ4n) is 5.32. The van der Waals surface area contributed by atoms with Crippen LogP contribution >= 0.6 is 24.1 Å². The molecule has 15 nitrogen and oxygen atoms in total. The summed E-state index contributed by atoms with van der Waals surface area (Å²) in [6.07, 6.45) is 9.36. The first-order valence-corrected chi connectivity index (χ1v) is 19.0. The predicted octanol–water partition coefficient (Wildman–Crippen LogP) is 4.14. The molecule has 1 aromatic carbocycles. The largest absolute Gasteiger partial charge is 0.466 e. The monoisotopic (exact) mass is 745 g/mol. The minimum atomic E-state index is -4.13. The highest BCUT2D eigenvalue weighted by Crippen LogP contribution is 2.37. The number of hydrogen-bond acceptors (Lipinski definition) is 15. The van der Waals surface area contributed by atoms with E-state index in [0.717, 1.165) is 29.8 Å². The third kappa shape index (κ3) is 13.4. The fourth-order valence-corrected chi connectivity index (χ4v) is 6.53. The number of benzene rings is 1. The number of carbonyl (C=O) groups is 3. The molecule has 3 N–H and O–H groups in total. The van der Waals surface area contributed by atoms with Crippen molar-refractivity contribution in [1.82, 2.24) is 0 Å². The van der Waals surface area contributed by atoms with Crippen LogP contribution in [-0.2, 0) is 48.0 Å². The summed E-state index contributed by atoms with van der Waals surface area (Å²) in [5, 5.41) is 23.8. The Labute approximate surface area is 293 Å². The number of ketones is 2. The maximum absolute atomic E-state index is 13.3. The number of esters is 1. The van der Waals surface area contributed by atoms with E-state index in [1.807, 2.05) is 17.1 Å². The first kappa shape index (κ1) is 40.5. The molecular weight excluding hydrogens is 705 g/mol. The molecule has 49 heavy (non-hydrogen) atoms. The first-order chi connectivity index (χ1) is 23.6. The van der Waals surface area contributed by atoms with Gasteiger partial charge >= 0.3 is 5.97 Å². The van der Waals surface area contributed by atoms with E-state index in [1.54, 1.807) is 43.3 Å². The van der Waals surface area contributed by atoms with Gasteiger partial charge in [0.1, 0.15) is 19.0 Å². The predicted molar refractivity (Wildman–Crippen MR) is 182 cm³/mol. The van der Waals surface area contributed by atoms with Gasteiger partial charge in [0.2, 0.25) is 0 Å². The summed E-state index contributed by atoms with van der Waals surface area (Å²) in [5.41, 5.74) is 2.77. The summed E-state index contributed by atoms with van der Waals surface area (Å²) >= 11 is 1.92. The molecule has 0 heterocycles. The normalized spacial score (nSPS) is 15.9. The molecule has 3 rings (SSSR count). The van der Waals surface area contributed by atoms with E-state index in [2.05, 4.69) is 23.3 Å². The lowest BCUT2D eigenvalue weighted by Gasteiger charge is -2.29. The Kier molecular flexibility index (Phi) is 17.6. The van der Waals surface area contributed by atoms with Gasteiger partial charge in [0, 0.05) is 85.8 Å². The maximum atomic E-state index is 13.3. The van der Waals surface area contributed by atoms with Crippen molar-refractivity contribution in [2.45, 2.75) is 44.9 Å². The lowest BCUT2D eigenvalue weighted by molar-refractivity contribution is -0.526. The molecule has 270 valence electrons. The molecule has 0 amide bonds. The zero-order chi connectivity index (χ0) is 35.6. The van der Waals surface area contributed by atoms with Crippen molar-refractivity contribution in [1.29, 1.82) is 0 Å². The van der Waals surface area contributed by atoms with Crippen LogP contribution in [0.4, 0.5) is 5.69 Å². The number of ether oxygens (including phenoxy) is 1. The number of carbonyl (C=O) groups excluding carboxylic acids is 3. The highest BCUT2D eigenvalue weighted by molar-refractivity contribution is 7.94. The van der Waals surface area contributed by atoms with Gasteiger partial charge < -0.3 is 9.64 Å². The van der Waals surface area contributed by atoms with Crippen molar-refractivity contribution in [3.05, 3.63) is 65.3 Å². The molecule has 1 saturated carbocycles. The number of Topliss-reactive ketones (excluding diaryl/α,β-unsaturated/α-hetero) is 2. The minimum absolute atomic E-state index is 0.132. The maximum Gasteiger partial charge on any atom is 0.305 e. The van der Waals surface area contributed by atoms with E-state index in [0.29, 0.717) is 73.8 Å². The summed E-state index contributed by atoms with van der Waals surface area (Å²) in [4.78, 5) is 40.2. The molecule has 0 unspecified atom stereocenters. The zero-order valence-electron chi connectivity index (χ0n) is 26.9. The Balaban J connectivity index is 1.69. The SMILES string of the molecule is CCOC(=O)CCCN(CCCS(=O)(=O)O)c1ccc(C2C(=O)C(=C3C=CC(=[N+](CCCSOOO)CCCSOOO)C=C3)C2=O)cc1. The molecule has 0 radical (unpaired) electrons. The average Bonchev–Trinajstić information content (AvgIpc) is 3.07. The number of anilines is 1. The van der Waals surface area contributed by atoms with Gasteiger partial charge in [-0.25, -0.2) is 15.1 Å². The molecule has 0 atom stereocenters. The van der Waals surface area contributed by atoms with Crippen molar-refractivity contribution < 1.29 is 65.9 Å².